The summed E-state index contributed by atoms with van der Waals surface area (Å²) < 4.78 is 11.1. The molecule has 0 bridgehead atoms. The minimum Gasteiger partial charge on any atom is -0.497 e. The van der Waals surface area contributed by atoms with Crippen molar-refractivity contribution in [2.24, 2.45) is 5.92 Å². The van der Waals surface area contributed by atoms with Gasteiger partial charge in [0.1, 0.15) is 17.3 Å². The van der Waals surface area contributed by atoms with Crippen LogP contribution in [0.15, 0.2) is 40.8 Å². The van der Waals surface area contributed by atoms with Crippen LogP contribution in [0.2, 0.25) is 0 Å². The number of methoxy groups -OCH3 is 1. The van der Waals surface area contributed by atoms with Crippen molar-refractivity contribution in [3.05, 3.63) is 47.9 Å². The van der Waals surface area contributed by atoms with E-state index in [1.54, 1.807) is 7.11 Å². The van der Waals surface area contributed by atoms with Gasteiger partial charge < -0.3 is 14.5 Å². The average Bonchev–Trinajstić information content (AvgIpc) is 2.99. The molecule has 1 heterocycles. The first-order chi connectivity index (χ1) is 9.26. The van der Waals surface area contributed by atoms with Crippen molar-refractivity contribution < 1.29 is 9.15 Å². The van der Waals surface area contributed by atoms with Crippen LogP contribution in [-0.4, -0.2) is 7.11 Å². The molecule has 1 N–H and O–H groups in total. The Morgan fingerprint density at radius 1 is 1.32 bits per heavy atom. The summed E-state index contributed by atoms with van der Waals surface area (Å²) in [5, 5.41) is 3.35. The second-order valence-corrected chi connectivity index (χ2v) is 5.21. The molecule has 0 aliphatic heterocycles. The van der Waals surface area contributed by atoms with Crippen LogP contribution < -0.4 is 10.1 Å². The highest BCUT2D eigenvalue weighted by Crippen LogP contribution is 2.47. The van der Waals surface area contributed by atoms with Gasteiger partial charge in [0.05, 0.1) is 13.7 Å². The maximum absolute atomic E-state index is 5.86. The number of hydrogen-bond donors (Lipinski definition) is 1. The summed E-state index contributed by atoms with van der Waals surface area (Å²) in [7, 11) is 1.68. The van der Waals surface area contributed by atoms with Crippen LogP contribution >= 0.6 is 0 Å². The fraction of sp³-hybridized carbons (Fsp3) is 0.375. The molecule has 0 spiro atoms. The zero-order valence-electron chi connectivity index (χ0n) is 11.3. The molecule has 3 rings (SSSR count). The third-order valence-electron chi connectivity index (χ3n) is 3.69. The number of benzene rings is 1. The third-order valence-corrected chi connectivity index (χ3v) is 3.69. The molecule has 2 atom stereocenters. The standard InChI is InChI=1S/C16H19NO2/c1-11-8-15(11)16-7-6-14(19-16)10-17-12-4-3-5-13(9-12)18-2/h3-7,9,11,15,17H,8,10H2,1-2H3. The number of ether oxygens (including phenoxy) is 1. The predicted octanol–water partition coefficient (Wildman–Crippen LogP) is 4.02. The van der Waals surface area contributed by atoms with Gasteiger partial charge in [0.15, 0.2) is 0 Å². The SMILES string of the molecule is COc1cccc(NCc2ccc(C3CC3C)o2)c1. The molecule has 1 aliphatic rings. The summed E-state index contributed by atoms with van der Waals surface area (Å²) >= 11 is 0. The maximum atomic E-state index is 5.86. The summed E-state index contributed by atoms with van der Waals surface area (Å²) in [4.78, 5) is 0. The zero-order chi connectivity index (χ0) is 13.2. The second kappa shape index (κ2) is 5.00. The molecule has 1 aromatic carbocycles. The topological polar surface area (TPSA) is 34.4 Å². The van der Waals surface area contributed by atoms with Gasteiger partial charge in [0.25, 0.3) is 0 Å². The van der Waals surface area contributed by atoms with Crippen molar-refractivity contribution in [2.75, 3.05) is 12.4 Å². The molecule has 2 aromatic rings. The molecule has 1 aliphatic carbocycles. The number of nitrogens with one attached hydrogen (secondary N) is 1. The van der Waals surface area contributed by atoms with Crippen LogP contribution in [0.4, 0.5) is 5.69 Å². The van der Waals surface area contributed by atoms with Crippen LogP contribution in [0, 0.1) is 5.92 Å². The lowest BCUT2D eigenvalue weighted by Crippen LogP contribution is -1.98. The van der Waals surface area contributed by atoms with Crippen LogP contribution in [0.3, 0.4) is 0 Å². The summed E-state index contributed by atoms with van der Waals surface area (Å²) in [6.07, 6.45) is 1.26. The van der Waals surface area contributed by atoms with E-state index in [9.17, 15) is 0 Å². The summed E-state index contributed by atoms with van der Waals surface area (Å²) in [6.45, 7) is 2.97. The van der Waals surface area contributed by atoms with E-state index in [4.69, 9.17) is 9.15 Å². The van der Waals surface area contributed by atoms with Crippen molar-refractivity contribution in [3.8, 4) is 5.75 Å². The molecule has 3 nitrogen and oxygen atoms in total. The Hall–Kier alpha value is -1.90. The highest BCUT2D eigenvalue weighted by molar-refractivity contribution is 5.48. The van der Waals surface area contributed by atoms with E-state index in [1.165, 1.54) is 6.42 Å². The maximum Gasteiger partial charge on any atom is 0.123 e. The molecule has 19 heavy (non-hydrogen) atoms. The van der Waals surface area contributed by atoms with E-state index in [0.29, 0.717) is 12.5 Å². The van der Waals surface area contributed by atoms with Gasteiger partial charge in [0, 0.05) is 17.7 Å². The normalized spacial score (nSPS) is 21.2. The smallest absolute Gasteiger partial charge is 0.123 e. The van der Waals surface area contributed by atoms with Crippen LogP contribution in [0.25, 0.3) is 0 Å². The summed E-state index contributed by atoms with van der Waals surface area (Å²) in [5.41, 5.74) is 1.04. The van der Waals surface area contributed by atoms with E-state index < -0.39 is 0 Å². The van der Waals surface area contributed by atoms with E-state index in [-0.39, 0.29) is 0 Å². The number of anilines is 1. The Bertz CT molecular complexity index is 561. The van der Waals surface area contributed by atoms with Crippen LogP contribution in [0.5, 0.6) is 5.75 Å². The molecule has 3 heteroatoms. The van der Waals surface area contributed by atoms with Crippen molar-refractivity contribution in [3.63, 3.8) is 0 Å². The fourth-order valence-corrected chi connectivity index (χ4v) is 2.33. The highest BCUT2D eigenvalue weighted by atomic mass is 16.5. The molecule has 1 aromatic heterocycles. The van der Waals surface area contributed by atoms with Gasteiger partial charge in [-0.25, -0.2) is 0 Å². The highest BCUT2D eigenvalue weighted by Gasteiger charge is 2.36. The Balaban J connectivity index is 1.60. The van der Waals surface area contributed by atoms with E-state index >= 15 is 0 Å². The van der Waals surface area contributed by atoms with Gasteiger partial charge in [-0.15, -0.1) is 0 Å². The molecule has 100 valence electrons. The number of hydrogen-bond acceptors (Lipinski definition) is 3. The lowest BCUT2D eigenvalue weighted by molar-refractivity contribution is 0.415. The Morgan fingerprint density at radius 3 is 2.89 bits per heavy atom. The van der Waals surface area contributed by atoms with Gasteiger partial charge in [-0.05, 0) is 36.6 Å². The average molecular weight is 257 g/mol. The monoisotopic (exact) mass is 257 g/mol. The predicted molar refractivity (Wildman–Crippen MR) is 75.6 cm³/mol. The Kier molecular flexibility index (Phi) is 3.20. The molecule has 1 fully saturated rings. The molecular weight excluding hydrogens is 238 g/mol. The third kappa shape index (κ3) is 2.75. The fourth-order valence-electron chi connectivity index (χ4n) is 2.33. The minimum absolute atomic E-state index is 0.644. The first-order valence-corrected chi connectivity index (χ1v) is 6.73. The van der Waals surface area contributed by atoms with Crippen molar-refractivity contribution >= 4 is 5.69 Å². The first-order valence-electron chi connectivity index (χ1n) is 6.73. The minimum atomic E-state index is 0.644. The molecule has 2 unspecified atom stereocenters. The Labute approximate surface area is 113 Å². The lowest BCUT2D eigenvalue weighted by Gasteiger charge is -2.06. The Morgan fingerprint density at radius 2 is 2.16 bits per heavy atom. The largest absolute Gasteiger partial charge is 0.497 e. The first kappa shape index (κ1) is 12.2. The van der Waals surface area contributed by atoms with Crippen molar-refractivity contribution in [2.45, 2.75) is 25.8 Å². The number of rotatable bonds is 5. The zero-order valence-corrected chi connectivity index (χ0v) is 11.3. The summed E-state index contributed by atoms with van der Waals surface area (Å²) in [6, 6.07) is 12.1. The van der Waals surface area contributed by atoms with Crippen LogP contribution in [-0.2, 0) is 6.54 Å². The van der Waals surface area contributed by atoms with E-state index in [2.05, 4.69) is 24.4 Å². The molecule has 0 saturated heterocycles. The molecule has 0 amide bonds. The summed E-state index contributed by atoms with van der Waals surface area (Å²) in [5.74, 6) is 4.40. The molecular formula is C16H19NO2. The van der Waals surface area contributed by atoms with Gasteiger partial charge in [-0.2, -0.15) is 0 Å². The molecule has 0 radical (unpaired) electrons. The lowest BCUT2D eigenvalue weighted by atomic mass is 10.3. The van der Waals surface area contributed by atoms with E-state index in [0.717, 1.165) is 28.9 Å². The van der Waals surface area contributed by atoms with Crippen molar-refractivity contribution in [1.82, 2.24) is 0 Å². The molecule has 1 saturated carbocycles. The second-order valence-electron chi connectivity index (χ2n) is 5.21. The van der Waals surface area contributed by atoms with Gasteiger partial charge in [-0.1, -0.05) is 13.0 Å². The quantitative estimate of drug-likeness (QED) is 0.878. The van der Waals surface area contributed by atoms with Gasteiger partial charge >= 0.3 is 0 Å². The van der Waals surface area contributed by atoms with Gasteiger partial charge in [0.2, 0.25) is 0 Å². The van der Waals surface area contributed by atoms with E-state index in [1.807, 2.05) is 24.3 Å². The van der Waals surface area contributed by atoms with Crippen LogP contribution in [0.1, 0.15) is 30.8 Å². The number of furan rings is 1. The van der Waals surface area contributed by atoms with Crippen molar-refractivity contribution in [1.29, 1.82) is 0 Å². The van der Waals surface area contributed by atoms with Gasteiger partial charge in [-0.3, -0.25) is 0 Å².